The number of rotatable bonds is 4. The lowest BCUT2D eigenvalue weighted by Crippen LogP contribution is -2.36. The molecule has 2 aliphatic carbocycles. The SMILES string of the molecule is OCC1(CNC2CCCCC2)CC1. The number of aliphatic hydroxyl groups excluding tert-OH is 1. The Bertz CT molecular complexity index is 159. The molecule has 0 amide bonds. The monoisotopic (exact) mass is 183 g/mol. The molecule has 0 saturated heterocycles. The van der Waals surface area contributed by atoms with Crippen LogP contribution in [0.3, 0.4) is 0 Å². The van der Waals surface area contributed by atoms with Gasteiger partial charge in [-0.05, 0) is 25.7 Å². The van der Waals surface area contributed by atoms with E-state index >= 15 is 0 Å². The molecule has 0 aliphatic heterocycles. The lowest BCUT2D eigenvalue weighted by molar-refractivity contribution is 0.199. The van der Waals surface area contributed by atoms with Crippen molar-refractivity contribution in [2.24, 2.45) is 5.41 Å². The smallest absolute Gasteiger partial charge is 0.0499 e. The highest BCUT2D eigenvalue weighted by molar-refractivity contribution is 4.95. The van der Waals surface area contributed by atoms with Crippen molar-refractivity contribution in [3.63, 3.8) is 0 Å². The maximum absolute atomic E-state index is 9.15. The molecule has 2 saturated carbocycles. The van der Waals surface area contributed by atoms with E-state index in [4.69, 9.17) is 5.11 Å². The summed E-state index contributed by atoms with van der Waals surface area (Å²) in [7, 11) is 0. The standard InChI is InChI=1S/C11H21NO/c13-9-11(6-7-11)8-12-10-4-2-1-3-5-10/h10,12-13H,1-9H2. The normalized spacial score (nSPS) is 27.5. The molecule has 0 aromatic carbocycles. The van der Waals surface area contributed by atoms with Gasteiger partial charge in [-0.15, -0.1) is 0 Å². The summed E-state index contributed by atoms with van der Waals surface area (Å²) in [4.78, 5) is 0. The number of hydrogen-bond acceptors (Lipinski definition) is 2. The van der Waals surface area contributed by atoms with Crippen molar-refractivity contribution in [1.29, 1.82) is 0 Å². The van der Waals surface area contributed by atoms with Gasteiger partial charge in [-0.1, -0.05) is 19.3 Å². The molecule has 2 fully saturated rings. The highest BCUT2D eigenvalue weighted by Crippen LogP contribution is 2.44. The summed E-state index contributed by atoms with van der Waals surface area (Å²) in [5.41, 5.74) is 0.289. The molecule has 0 aromatic rings. The third kappa shape index (κ3) is 2.44. The van der Waals surface area contributed by atoms with Crippen molar-refractivity contribution in [3.05, 3.63) is 0 Å². The first-order valence-electron chi connectivity index (χ1n) is 5.69. The van der Waals surface area contributed by atoms with Gasteiger partial charge in [0.05, 0.1) is 0 Å². The molecule has 2 aliphatic rings. The number of aliphatic hydroxyl groups is 1. The zero-order chi connectivity index (χ0) is 9.15. The Labute approximate surface area is 80.7 Å². The molecule has 0 unspecified atom stereocenters. The number of nitrogens with one attached hydrogen (secondary N) is 1. The summed E-state index contributed by atoms with van der Waals surface area (Å²) in [5.74, 6) is 0. The molecule has 2 rings (SSSR count). The van der Waals surface area contributed by atoms with Gasteiger partial charge in [0, 0.05) is 24.6 Å². The molecule has 2 heteroatoms. The van der Waals surface area contributed by atoms with Crippen molar-refractivity contribution >= 4 is 0 Å². The molecule has 2 N–H and O–H groups in total. The van der Waals surface area contributed by atoms with E-state index in [1.807, 2.05) is 0 Å². The summed E-state index contributed by atoms with van der Waals surface area (Å²) in [6.45, 7) is 1.43. The zero-order valence-corrected chi connectivity index (χ0v) is 8.39. The molecule has 0 heterocycles. The first kappa shape index (κ1) is 9.47. The quantitative estimate of drug-likeness (QED) is 0.695. The molecular formula is C11H21NO. The van der Waals surface area contributed by atoms with Crippen LogP contribution in [0.1, 0.15) is 44.9 Å². The Balaban J connectivity index is 1.66. The fourth-order valence-corrected chi connectivity index (χ4v) is 2.24. The third-order valence-corrected chi connectivity index (χ3v) is 3.66. The van der Waals surface area contributed by atoms with Gasteiger partial charge in [0.15, 0.2) is 0 Å². The molecule has 0 aromatic heterocycles. The minimum absolute atomic E-state index is 0.289. The minimum Gasteiger partial charge on any atom is -0.396 e. The van der Waals surface area contributed by atoms with Gasteiger partial charge in [0.25, 0.3) is 0 Å². The van der Waals surface area contributed by atoms with Crippen LogP contribution in [0.5, 0.6) is 0 Å². The van der Waals surface area contributed by atoms with E-state index in [0.717, 1.165) is 12.6 Å². The Kier molecular flexibility index (Phi) is 2.89. The molecule has 76 valence electrons. The summed E-state index contributed by atoms with van der Waals surface area (Å²) in [5, 5.41) is 12.8. The van der Waals surface area contributed by atoms with Crippen molar-refractivity contribution in [2.45, 2.75) is 51.0 Å². The van der Waals surface area contributed by atoms with Crippen molar-refractivity contribution in [1.82, 2.24) is 5.32 Å². The van der Waals surface area contributed by atoms with Crippen LogP contribution in [0.4, 0.5) is 0 Å². The Morgan fingerprint density at radius 2 is 1.85 bits per heavy atom. The second kappa shape index (κ2) is 3.97. The predicted molar refractivity (Wildman–Crippen MR) is 53.6 cm³/mol. The van der Waals surface area contributed by atoms with Gasteiger partial charge in [-0.25, -0.2) is 0 Å². The van der Waals surface area contributed by atoms with Crippen molar-refractivity contribution < 1.29 is 5.11 Å². The Morgan fingerprint density at radius 3 is 2.38 bits per heavy atom. The van der Waals surface area contributed by atoms with E-state index in [2.05, 4.69) is 5.32 Å². The summed E-state index contributed by atoms with van der Waals surface area (Å²) < 4.78 is 0. The fourth-order valence-electron chi connectivity index (χ4n) is 2.24. The fraction of sp³-hybridized carbons (Fsp3) is 1.00. The van der Waals surface area contributed by atoms with Gasteiger partial charge in [0.2, 0.25) is 0 Å². The number of hydrogen-bond donors (Lipinski definition) is 2. The highest BCUT2D eigenvalue weighted by Gasteiger charge is 2.41. The molecule has 0 spiro atoms. The molecular weight excluding hydrogens is 162 g/mol. The predicted octanol–water partition coefficient (Wildman–Crippen LogP) is 1.68. The zero-order valence-electron chi connectivity index (χ0n) is 8.39. The van der Waals surface area contributed by atoms with Crippen LogP contribution in [0.2, 0.25) is 0 Å². The summed E-state index contributed by atoms with van der Waals surface area (Å²) in [6.07, 6.45) is 9.35. The average molecular weight is 183 g/mol. The molecule has 2 nitrogen and oxygen atoms in total. The maximum atomic E-state index is 9.15. The Hall–Kier alpha value is -0.0800. The minimum atomic E-state index is 0.289. The van der Waals surface area contributed by atoms with Crippen molar-refractivity contribution in [2.75, 3.05) is 13.2 Å². The van der Waals surface area contributed by atoms with Gasteiger partial charge in [-0.3, -0.25) is 0 Å². The first-order chi connectivity index (χ1) is 6.35. The van der Waals surface area contributed by atoms with E-state index in [1.54, 1.807) is 0 Å². The van der Waals surface area contributed by atoms with Gasteiger partial charge in [0.1, 0.15) is 0 Å². The van der Waals surface area contributed by atoms with Crippen LogP contribution in [0, 0.1) is 5.41 Å². The van der Waals surface area contributed by atoms with Crippen molar-refractivity contribution in [3.8, 4) is 0 Å². The molecule has 0 radical (unpaired) electrons. The van der Waals surface area contributed by atoms with Crippen LogP contribution >= 0.6 is 0 Å². The molecule has 13 heavy (non-hydrogen) atoms. The topological polar surface area (TPSA) is 32.3 Å². The van der Waals surface area contributed by atoms with E-state index in [9.17, 15) is 0 Å². The van der Waals surface area contributed by atoms with E-state index in [-0.39, 0.29) is 5.41 Å². The van der Waals surface area contributed by atoms with Crippen LogP contribution in [0.15, 0.2) is 0 Å². The summed E-state index contributed by atoms with van der Waals surface area (Å²) >= 11 is 0. The molecule has 0 atom stereocenters. The van der Waals surface area contributed by atoms with Gasteiger partial charge >= 0.3 is 0 Å². The van der Waals surface area contributed by atoms with E-state index in [1.165, 1.54) is 44.9 Å². The second-order valence-corrected chi connectivity index (χ2v) is 4.87. The van der Waals surface area contributed by atoms with Gasteiger partial charge < -0.3 is 10.4 Å². The van der Waals surface area contributed by atoms with Gasteiger partial charge in [-0.2, -0.15) is 0 Å². The third-order valence-electron chi connectivity index (χ3n) is 3.66. The highest BCUT2D eigenvalue weighted by atomic mass is 16.3. The second-order valence-electron chi connectivity index (χ2n) is 4.87. The van der Waals surface area contributed by atoms with E-state index < -0.39 is 0 Å². The first-order valence-corrected chi connectivity index (χ1v) is 5.69. The van der Waals surface area contributed by atoms with E-state index in [0.29, 0.717) is 6.61 Å². The largest absolute Gasteiger partial charge is 0.396 e. The van der Waals surface area contributed by atoms with Crippen LogP contribution in [-0.2, 0) is 0 Å². The van der Waals surface area contributed by atoms with Crippen LogP contribution in [-0.4, -0.2) is 24.3 Å². The Morgan fingerprint density at radius 1 is 1.15 bits per heavy atom. The molecule has 0 bridgehead atoms. The van der Waals surface area contributed by atoms with Crippen LogP contribution < -0.4 is 5.32 Å². The lowest BCUT2D eigenvalue weighted by Gasteiger charge is -2.25. The summed E-state index contributed by atoms with van der Waals surface area (Å²) in [6, 6.07) is 0.748. The maximum Gasteiger partial charge on any atom is 0.0499 e. The lowest BCUT2D eigenvalue weighted by atomic mass is 9.95. The van der Waals surface area contributed by atoms with Crippen LogP contribution in [0.25, 0.3) is 0 Å². The average Bonchev–Trinajstić information content (AvgIpc) is 2.97.